The fourth-order valence-electron chi connectivity index (χ4n) is 1.53. The molecule has 0 aliphatic heterocycles. The lowest BCUT2D eigenvalue weighted by molar-refractivity contribution is -0.120. The Balaban J connectivity index is 2.84. The van der Waals surface area contributed by atoms with Gasteiger partial charge < -0.3 is 0 Å². The lowest BCUT2D eigenvalue weighted by atomic mass is 9.94. The molecule has 1 rings (SSSR count). The van der Waals surface area contributed by atoms with Gasteiger partial charge in [-0.2, -0.15) is 0 Å². The van der Waals surface area contributed by atoms with Crippen molar-refractivity contribution in [2.45, 2.75) is 26.7 Å². The van der Waals surface area contributed by atoms with Crippen molar-refractivity contribution in [3.8, 4) is 0 Å². The van der Waals surface area contributed by atoms with E-state index in [1.807, 2.05) is 13.0 Å². The Morgan fingerprint density at radius 2 is 2.07 bits per heavy atom. The topological polar surface area (TPSA) is 17.1 Å². The molecule has 82 valence electrons. The Kier molecular flexibility index (Phi) is 4.62. The van der Waals surface area contributed by atoms with Crippen LogP contribution < -0.4 is 0 Å². The minimum Gasteiger partial charge on any atom is -0.300 e. The van der Waals surface area contributed by atoms with Crippen LogP contribution in [0.1, 0.15) is 25.8 Å². The number of hydrogen-bond acceptors (Lipinski definition) is 1. The summed E-state index contributed by atoms with van der Waals surface area (Å²) >= 11 is 11.8. The van der Waals surface area contributed by atoms with E-state index in [-0.39, 0.29) is 11.7 Å². The Morgan fingerprint density at radius 3 is 2.53 bits per heavy atom. The number of ketones is 1. The largest absolute Gasteiger partial charge is 0.300 e. The summed E-state index contributed by atoms with van der Waals surface area (Å²) in [5.41, 5.74) is 0.989. The number of benzene rings is 1. The maximum absolute atomic E-state index is 11.3. The number of hydrogen-bond donors (Lipinski definition) is 0. The van der Waals surface area contributed by atoms with Gasteiger partial charge in [0.05, 0.1) is 0 Å². The molecule has 1 aromatic carbocycles. The minimum absolute atomic E-state index is 0.0590. The fourth-order valence-corrected chi connectivity index (χ4v) is 2.01. The maximum atomic E-state index is 11.3. The van der Waals surface area contributed by atoms with Crippen molar-refractivity contribution < 1.29 is 4.79 Å². The predicted octanol–water partition coefficient (Wildman–Crippen LogP) is 4.15. The van der Waals surface area contributed by atoms with E-state index in [4.69, 9.17) is 23.2 Å². The molecule has 0 heterocycles. The van der Waals surface area contributed by atoms with Crippen molar-refractivity contribution >= 4 is 29.0 Å². The van der Waals surface area contributed by atoms with Crippen LogP contribution in [0.3, 0.4) is 0 Å². The molecule has 0 aromatic heterocycles. The number of rotatable bonds is 4. The molecular weight excluding hydrogens is 231 g/mol. The summed E-state index contributed by atoms with van der Waals surface area (Å²) in [6.07, 6.45) is 1.54. The van der Waals surface area contributed by atoms with Gasteiger partial charge in [0.2, 0.25) is 0 Å². The Bertz CT molecular complexity index is 361. The van der Waals surface area contributed by atoms with Crippen LogP contribution >= 0.6 is 23.2 Å². The van der Waals surface area contributed by atoms with E-state index in [9.17, 15) is 4.79 Å². The number of carbonyl (C=O) groups is 1. The molecule has 15 heavy (non-hydrogen) atoms. The Hall–Kier alpha value is -0.530. The van der Waals surface area contributed by atoms with Gasteiger partial charge in [-0.3, -0.25) is 4.79 Å². The molecule has 0 saturated heterocycles. The highest BCUT2D eigenvalue weighted by atomic mass is 35.5. The number of Topliss-reactive ketones (excluding diaryl/α,β-unsaturated/α-hetero) is 1. The smallest absolute Gasteiger partial charge is 0.133 e. The van der Waals surface area contributed by atoms with Crippen molar-refractivity contribution in [3.05, 3.63) is 33.8 Å². The van der Waals surface area contributed by atoms with Crippen LogP contribution in [0.4, 0.5) is 0 Å². The summed E-state index contributed by atoms with van der Waals surface area (Å²) in [5.74, 6) is 0.271. The molecule has 0 radical (unpaired) electrons. The second-order valence-electron chi connectivity index (χ2n) is 3.66. The maximum Gasteiger partial charge on any atom is 0.133 e. The normalized spacial score (nSPS) is 12.5. The van der Waals surface area contributed by atoms with Crippen LogP contribution in [0.2, 0.25) is 10.0 Å². The third-order valence-electron chi connectivity index (χ3n) is 2.55. The van der Waals surface area contributed by atoms with E-state index in [0.717, 1.165) is 12.0 Å². The van der Waals surface area contributed by atoms with Gasteiger partial charge in [0.15, 0.2) is 0 Å². The zero-order valence-electron chi connectivity index (χ0n) is 8.89. The van der Waals surface area contributed by atoms with E-state index in [2.05, 4.69) is 0 Å². The molecule has 0 amide bonds. The minimum atomic E-state index is 0.0590. The molecule has 1 aromatic rings. The molecule has 1 unspecified atom stereocenters. The van der Waals surface area contributed by atoms with E-state index in [0.29, 0.717) is 16.5 Å². The first-order valence-electron chi connectivity index (χ1n) is 4.99. The molecule has 3 heteroatoms. The van der Waals surface area contributed by atoms with E-state index in [1.165, 1.54) is 0 Å². The van der Waals surface area contributed by atoms with Gasteiger partial charge in [0, 0.05) is 16.0 Å². The molecule has 0 aliphatic carbocycles. The highest BCUT2D eigenvalue weighted by Crippen LogP contribution is 2.24. The van der Waals surface area contributed by atoms with Gasteiger partial charge >= 0.3 is 0 Å². The van der Waals surface area contributed by atoms with E-state index < -0.39 is 0 Å². The number of halogens is 2. The average molecular weight is 245 g/mol. The van der Waals surface area contributed by atoms with Crippen LogP contribution in [-0.4, -0.2) is 5.78 Å². The molecule has 0 N–H and O–H groups in total. The molecule has 0 saturated carbocycles. The second-order valence-corrected chi connectivity index (χ2v) is 4.50. The summed E-state index contributed by atoms with van der Waals surface area (Å²) < 4.78 is 0. The summed E-state index contributed by atoms with van der Waals surface area (Å²) in [5, 5.41) is 1.27. The average Bonchev–Trinajstić information content (AvgIpc) is 2.16. The third kappa shape index (κ3) is 3.51. The van der Waals surface area contributed by atoms with Crippen molar-refractivity contribution in [2.24, 2.45) is 5.92 Å². The van der Waals surface area contributed by atoms with Crippen LogP contribution in [0.25, 0.3) is 0 Å². The first-order valence-corrected chi connectivity index (χ1v) is 5.74. The standard InChI is InChI=1S/C12H14Cl2O/c1-3-9(8(2)15)6-10-4-5-11(13)7-12(10)14/h4-5,7,9H,3,6H2,1-2H3. The van der Waals surface area contributed by atoms with Gasteiger partial charge in [0.25, 0.3) is 0 Å². The lowest BCUT2D eigenvalue weighted by Crippen LogP contribution is -2.12. The van der Waals surface area contributed by atoms with E-state index >= 15 is 0 Å². The fraction of sp³-hybridized carbons (Fsp3) is 0.417. The molecule has 0 bridgehead atoms. The molecule has 0 fully saturated rings. The molecule has 1 nitrogen and oxygen atoms in total. The van der Waals surface area contributed by atoms with Crippen LogP contribution in [-0.2, 0) is 11.2 Å². The summed E-state index contributed by atoms with van der Waals surface area (Å²) in [7, 11) is 0. The highest BCUT2D eigenvalue weighted by Gasteiger charge is 2.14. The molecule has 1 atom stereocenters. The van der Waals surface area contributed by atoms with Crippen molar-refractivity contribution in [3.63, 3.8) is 0 Å². The van der Waals surface area contributed by atoms with Crippen molar-refractivity contribution in [1.82, 2.24) is 0 Å². The predicted molar refractivity (Wildman–Crippen MR) is 64.6 cm³/mol. The van der Waals surface area contributed by atoms with Crippen LogP contribution in [0.5, 0.6) is 0 Å². The lowest BCUT2D eigenvalue weighted by Gasteiger charge is -2.12. The molecule has 0 aliphatic rings. The van der Waals surface area contributed by atoms with Crippen molar-refractivity contribution in [1.29, 1.82) is 0 Å². The zero-order valence-corrected chi connectivity index (χ0v) is 10.4. The van der Waals surface area contributed by atoms with Gasteiger partial charge in [-0.05, 0) is 37.5 Å². The number of carbonyl (C=O) groups excluding carboxylic acids is 1. The third-order valence-corrected chi connectivity index (χ3v) is 3.14. The van der Waals surface area contributed by atoms with Crippen LogP contribution in [0, 0.1) is 5.92 Å². The monoisotopic (exact) mass is 244 g/mol. The van der Waals surface area contributed by atoms with Crippen LogP contribution in [0.15, 0.2) is 18.2 Å². The summed E-state index contributed by atoms with van der Waals surface area (Å²) in [6, 6.07) is 5.40. The first-order chi connectivity index (χ1) is 7.04. The molecular formula is C12H14Cl2O. The second kappa shape index (κ2) is 5.53. The molecule has 0 spiro atoms. The Labute approximate surface area is 100 Å². The first kappa shape index (κ1) is 12.5. The van der Waals surface area contributed by atoms with E-state index in [1.54, 1.807) is 19.1 Å². The SMILES string of the molecule is CCC(Cc1ccc(Cl)cc1Cl)C(C)=O. The highest BCUT2D eigenvalue weighted by molar-refractivity contribution is 6.35. The summed E-state index contributed by atoms with van der Waals surface area (Å²) in [4.78, 5) is 11.3. The quantitative estimate of drug-likeness (QED) is 0.778. The van der Waals surface area contributed by atoms with Gasteiger partial charge in [0.1, 0.15) is 5.78 Å². The Morgan fingerprint density at radius 1 is 1.40 bits per heavy atom. The zero-order chi connectivity index (χ0) is 11.4. The van der Waals surface area contributed by atoms with Gasteiger partial charge in [-0.25, -0.2) is 0 Å². The summed E-state index contributed by atoms with van der Waals surface area (Å²) in [6.45, 7) is 3.63. The van der Waals surface area contributed by atoms with Crippen molar-refractivity contribution in [2.75, 3.05) is 0 Å². The van der Waals surface area contributed by atoms with Gasteiger partial charge in [-0.1, -0.05) is 36.2 Å². The van der Waals surface area contributed by atoms with Gasteiger partial charge in [-0.15, -0.1) is 0 Å².